The van der Waals surface area contributed by atoms with Crippen molar-refractivity contribution in [2.24, 2.45) is 0 Å². The van der Waals surface area contributed by atoms with E-state index in [-0.39, 0.29) is 0 Å². The largest absolute Gasteiger partial charge is 0.237 e. The van der Waals surface area contributed by atoms with E-state index in [1.54, 1.807) is 12.4 Å². The summed E-state index contributed by atoms with van der Waals surface area (Å²) in [5.41, 5.74) is 3.84. The monoisotopic (exact) mass is 637 g/mol. The lowest BCUT2D eigenvalue weighted by Gasteiger charge is -2.17. The third-order valence-electron chi connectivity index (χ3n) is 9.60. The Labute approximate surface area is 287 Å². The molecule has 0 aliphatic heterocycles. The fourth-order valence-corrected chi connectivity index (χ4v) is 7.43. The van der Waals surface area contributed by atoms with Crippen LogP contribution in [0.3, 0.4) is 0 Å². The Kier molecular flexibility index (Phi) is 6.42. The van der Waals surface area contributed by atoms with Crippen molar-refractivity contribution >= 4 is 53.9 Å². The van der Waals surface area contributed by atoms with E-state index in [0.29, 0.717) is 23.3 Å². The highest BCUT2D eigenvalue weighted by Crippen LogP contribution is 2.43. The van der Waals surface area contributed by atoms with Crippen molar-refractivity contribution in [1.82, 2.24) is 24.9 Å². The van der Waals surface area contributed by atoms with Crippen LogP contribution in [0.1, 0.15) is 0 Å². The molecule has 0 amide bonds. The summed E-state index contributed by atoms with van der Waals surface area (Å²) >= 11 is 0. The second-order valence-electron chi connectivity index (χ2n) is 12.4. The summed E-state index contributed by atoms with van der Waals surface area (Å²) in [6.07, 6.45) is 3.59. The van der Waals surface area contributed by atoms with Crippen LogP contribution in [0.4, 0.5) is 0 Å². The van der Waals surface area contributed by atoms with Crippen molar-refractivity contribution in [2.75, 3.05) is 0 Å². The van der Waals surface area contributed by atoms with Gasteiger partial charge in [-0.05, 0) is 66.0 Å². The van der Waals surface area contributed by atoms with Crippen molar-refractivity contribution in [2.45, 2.75) is 0 Å². The van der Waals surface area contributed by atoms with Gasteiger partial charge in [0, 0.05) is 34.6 Å². The smallest absolute Gasteiger partial charge is 0.165 e. The fraction of sp³-hybridized carbons (Fsp3) is 0. The SMILES string of the molecule is c1ccc(-c2nc(-c3c4ccccc4c(-c4ncccn4)c4ccccc34)nc(-c3cc4ccc5ccccc5c4c4ccccc34)n2)cc1. The first-order valence-corrected chi connectivity index (χ1v) is 16.7. The van der Waals surface area contributed by atoms with Crippen LogP contribution in [0, 0.1) is 0 Å². The number of benzene rings is 8. The van der Waals surface area contributed by atoms with Gasteiger partial charge in [0.2, 0.25) is 0 Å². The van der Waals surface area contributed by atoms with Gasteiger partial charge in [-0.15, -0.1) is 0 Å². The molecule has 0 N–H and O–H groups in total. The zero-order chi connectivity index (χ0) is 33.0. The lowest BCUT2D eigenvalue weighted by atomic mass is 9.90. The highest BCUT2D eigenvalue weighted by molar-refractivity contribution is 6.23. The lowest BCUT2D eigenvalue weighted by Crippen LogP contribution is -2.02. The van der Waals surface area contributed by atoms with E-state index in [2.05, 4.69) is 137 Å². The summed E-state index contributed by atoms with van der Waals surface area (Å²) < 4.78 is 0. The molecule has 0 saturated carbocycles. The van der Waals surface area contributed by atoms with E-state index in [9.17, 15) is 0 Å². The number of hydrogen-bond donors (Lipinski definition) is 0. The van der Waals surface area contributed by atoms with Gasteiger partial charge in [-0.1, -0.05) is 140 Å². The summed E-state index contributed by atoms with van der Waals surface area (Å²) in [4.78, 5) is 25.2. The van der Waals surface area contributed by atoms with Crippen molar-refractivity contribution in [3.63, 3.8) is 0 Å². The molecular weight excluding hydrogens is 611 g/mol. The molecule has 5 heteroatoms. The van der Waals surface area contributed by atoms with E-state index in [1.807, 2.05) is 24.3 Å². The Balaban J connectivity index is 1.32. The Morgan fingerprint density at radius 1 is 0.320 bits per heavy atom. The fourth-order valence-electron chi connectivity index (χ4n) is 7.43. The van der Waals surface area contributed by atoms with Crippen molar-refractivity contribution in [3.8, 4) is 45.6 Å². The molecule has 0 atom stereocenters. The lowest BCUT2D eigenvalue weighted by molar-refractivity contribution is 1.08. The predicted molar refractivity (Wildman–Crippen MR) is 205 cm³/mol. The van der Waals surface area contributed by atoms with Crippen LogP contribution in [0.2, 0.25) is 0 Å². The van der Waals surface area contributed by atoms with Gasteiger partial charge in [0.25, 0.3) is 0 Å². The summed E-state index contributed by atoms with van der Waals surface area (Å²) in [5, 5.41) is 11.2. The minimum atomic E-state index is 0.615. The van der Waals surface area contributed by atoms with Crippen LogP contribution in [0.25, 0.3) is 99.4 Å². The van der Waals surface area contributed by atoms with E-state index in [1.165, 1.54) is 21.5 Å². The van der Waals surface area contributed by atoms with Crippen molar-refractivity contribution < 1.29 is 0 Å². The van der Waals surface area contributed by atoms with Crippen LogP contribution in [-0.2, 0) is 0 Å². The number of aromatic nitrogens is 5. The molecule has 0 spiro atoms. The van der Waals surface area contributed by atoms with Crippen LogP contribution >= 0.6 is 0 Å². The van der Waals surface area contributed by atoms with Crippen LogP contribution < -0.4 is 0 Å². The van der Waals surface area contributed by atoms with E-state index < -0.39 is 0 Å². The van der Waals surface area contributed by atoms with Crippen LogP contribution in [0.15, 0.2) is 164 Å². The first kappa shape index (κ1) is 28.2. The Hall–Kier alpha value is -6.85. The summed E-state index contributed by atoms with van der Waals surface area (Å²) in [6, 6.07) is 52.6. The van der Waals surface area contributed by atoms with Gasteiger partial charge in [-0.25, -0.2) is 24.9 Å². The molecule has 8 aromatic carbocycles. The van der Waals surface area contributed by atoms with Gasteiger partial charge in [-0.3, -0.25) is 0 Å². The zero-order valence-electron chi connectivity index (χ0n) is 26.8. The standard InChI is InChI=1S/C45H27N5/c1-2-14-29(15-3-1)42-48-43(38-27-30-24-23-28-13-4-5-16-31(28)39(30)33-18-7-6-17-32(33)38)50-45(49-42)41-36-21-10-8-19-34(36)40(44-46-25-12-26-47-44)35-20-9-11-22-37(35)41/h1-27H. The highest BCUT2D eigenvalue weighted by Gasteiger charge is 2.22. The van der Waals surface area contributed by atoms with Gasteiger partial charge in [0.1, 0.15) is 0 Å². The normalized spacial score (nSPS) is 11.6. The molecule has 50 heavy (non-hydrogen) atoms. The molecule has 10 aromatic rings. The first-order valence-electron chi connectivity index (χ1n) is 16.7. The third-order valence-corrected chi connectivity index (χ3v) is 9.60. The molecule has 0 bridgehead atoms. The summed E-state index contributed by atoms with van der Waals surface area (Å²) in [5.74, 6) is 2.55. The van der Waals surface area contributed by atoms with Crippen LogP contribution in [-0.4, -0.2) is 24.9 Å². The minimum Gasteiger partial charge on any atom is -0.237 e. The predicted octanol–water partition coefficient (Wildman–Crippen LogP) is 11.1. The molecule has 10 rings (SSSR count). The zero-order valence-corrected chi connectivity index (χ0v) is 26.8. The molecular formula is C45H27N5. The van der Waals surface area contributed by atoms with Crippen molar-refractivity contribution in [1.29, 1.82) is 0 Å². The van der Waals surface area contributed by atoms with Gasteiger partial charge in [0.15, 0.2) is 23.3 Å². The molecule has 0 fully saturated rings. The summed E-state index contributed by atoms with van der Waals surface area (Å²) in [7, 11) is 0. The maximum absolute atomic E-state index is 5.37. The first-order chi connectivity index (χ1) is 24.8. The maximum atomic E-state index is 5.37. The molecule has 0 unspecified atom stereocenters. The third kappa shape index (κ3) is 4.45. The molecule has 0 radical (unpaired) electrons. The van der Waals surface area contributed by atoms with Gasteiger partial charge < -0.3 is 0 Å². The molecule has 2 aromatic heterocycles. The summed E-state index contributed by atoms with van der Waals surface area (Å²) in [6.45, 7) is 0. The quantitative estimate of drug-likeness (QED) is 0.142. The average Bonchev–Trinajstić information content (AvgIpc) is 3.19. The number of fused-ring (bicyclic) bond motifs is 7. The van der Waals surface area contributed by atoms with E-state index in [0.717, 1.165) is 54.6 Å². The number of nitrogens with zero attached hydrogens (tertiary/aromatic N) is 5. The van der Waals surface area contributed by atoms with Crippen LogP contribution in [0.5, 0.6) is 0 Å². The highest BCUT2D eigenvalue weighted by atomic mass is 15.0. The molecule has 2 heterocycles. The number of hydrogen-bond acceptors (Lipinski definition) is 5. The minimum absolute atomic E-state index is 0.615. The molecule has 5 nitrogen and oxygen atoms in total. The Morgan fingerprint density at radius 3 is 1.50 bits per heavy atom. The second kappa shape index (κ2) is 11.4. The molecule has 0 saturated heterocycles. The van der Waals surface area contributed by atoms with E-state index >= 15 is 0 Å². The van der Waals surface area contributed by atoms with Gasteiger partial charge in [0.05, 0.1) is 0 Å². The Bertz CT molecular complexity index is 2870. The molecule has 232 valence electrons. The average molecular weight is 638 g/mol. The van der Waals surface area contributed by atoms with Gasteiger partial charge in [-0.2, -0.15) is 0 Å². The van der Waals surface area contributed by atoms with Gasteiger partial charge >= 0.3 is 0 Å². The molecule has 0 aliphatic rings. The number of rotatable bonds is 4. The van der Waals surface area contributed by atoms with E-state index in [4.69, 9.17) is 15.0 Å². The van der Waals surface area contributed by atoms with Crippen molar-refractivity contribution in [3.05, 3.63) is 164 Å². The maximum Gasteiger partial charge on any atom is 0.165 e. The topological polar surface area (TPSA) is 64.5 Å². The Morgan fingerprint density at radius 2 is 0.820 bits per heavy atom. The second-order valence-corrected chi connectivity index (χ2v) is 12.4. The molecule has 0 aliphatic carbocycles.